The predicted octanol–water partition coefficient (Wildman–Crippen LogP) is 5.09. The minimum atomic E-state index is -0.410. The molecule has 0 aromatic heterocycles. The number of nitrogens with zero attached hydrogens (tertiary/aromatic N) is 4. The summed E-state index contributed by atoms with van der Waals surface area (Å²) in [4.78, 5) is 25.1. The number of amides is 1. The van der Waals surface area contributed by atoms with Gasteiger partial charge in [0.15, 0.2) is 0 Å². The third-order valence-corrected chi connectivity index (χ3v) is 6.85. The number of rotatable bonds is 4. The summed E-state index contributed by atoms with van der Waals surface area (Å²) in [5, 5.41) is 0.745. The van der Waals surface area contributed by atoms with Crippen LogP contribution in [0.3, 0.4) is 0 Å². The van der Waals surface area contributed by atoms with Crippen molar-refractivity contribution in [1.29, 1.82) is 0 Å². The van der Waals surface area contributed by atoms with Gasteiger partial charge in [0, 0.05) is 43.3 Å². The van der Waals surface area contributed by atoms with E-state index in [4.69, 9.17) is 16.6 Å². The van der Waals surface area contributed by atoms with E-state index in [1.807, 2.05) is 41.3 Å². The van der Waals surface area contributed by atoms with Crippen molar-refractivity contribution >= 4 is 34.8 Å². The van der Waals surface area contributed by atoms with Crippen molar-refractivity contribution in [2.75, 3.05) is 36.0 Å². The fraction of sp³-hybridized carbons (Fsp3) is 0.286. The van der Waals surface area contributed by atoms with E-state index in [9.17, 15) is 4.79 Å². The summed E-state index contributed by atoms with van der Waals surface area (Å²) in [5.74, 6) is 0.819. The standard InChI is InChI=1S/C28H29ClN4O/c1-20-8-13-26(21(2)18-20)33-27(34)25(19-22-6-4-3-5-7-22)30-28(33)32-16-14-31(15-17-32)24-11-9-23(29)10-12-24/h3-13,18,25H,14-17,19H2,1-2H3. The Morgan fingerprint density at radius 2 is 1.56 bits per heavy atom. The zero-order valence-electron chi connectivity index (χ0n) is 19.6. The number of hydrogen-bond donors (Lipinski definition) is 0. The highest BCUT2D eigenvalue weighted by Crippen LogP contribution is 2.29. The Labute approximate surface area is 206 Å². The van der Waals surface area contributed by atoms with Crippen LogP contribution in [-0.4, -0.2) is 49.0 Å². The second-order valence-electron chi connectivity index (χ2n) is 9.05. The summed E-state index contributed by atoms with van der Waals surface area (Å²) in [7, 11) is 0. The normalized spacial score (nSPS) is 18.4. The van der Waals surface area contributed by atoms with Gasteiger partial charge in [-0.2, -0.15) is 0 Å². The largest absolute Gasteiger partial charge is 0.368 e. The van der Waals surface area contributed by atoms with Gasteiger partial charge in [0.05, 0.1) is 5.69 Å². The minimum Gasteiger partial charge on any atom is -0.368 e. The van der Waals surface area contributed by atoms with Gasteiger partial charge in [-0.3, -0.25) is 4.79 Å². The zero-order valence-corrected chi connectivity index (χ0v) is 20.4. The summed E-state index contributed by atoms with van der Waals surface area (Å²) >= 11 is 6.06. The molecule has 1 amide bonds. The zero-order chi connectivity index (χ0) is 23.7. The molecule has 0 N–H and O–H groups in total. The molecule has 2 heterocycles. The molecule has 0 spiro atoms. The third kappa shape index (κ3) is 4.53. The molecule has 1 atom stereocenters. The highest BCUT2D eigenvalue weighted by molar-refractivity contribution is 6.30. The van der Waals surface area contributed by atoms with Crippen molar-refractivity contribution in [3.63, 3.8) is 0 Å². The number of piperazine rings is 1. The van der Waals surface area contributed by atoms with Crippen molar-refractivity contribution in [3.8, 4) is 0 Å². The van der Waals surface area contributed by atoms with Crippen molar-refractivity contribution in [2.24, 2.45) is 4.99 Å². The van der Waals surface area contributed by atoms with Crippen LogP contribution < -0.4 is 9.80 Å². The maximum atomic E-state index is 13.7. The van der Waals surface area contributed by atoms with E-state index in [2.05, 4.69) is 60.0 Å². The second kappa shape index (κ2) is 9.51. The second-order valence-corrected chi connectivity index (χ2v) is 9.49. The Bertz CT molecular complexity index is 1200. The molecule has 2 aliphatic heterocycles. The molecule has 1 saturated heterocycles. The Hall–Kier alpha value is -3.31. The van der Waals surface area contributed by atoms with Gasteiger partial charge in [-0.25, -0.2) is 9.89 Å². The molecule has 0 radical (unpaired) electrons. The first-order chi connectivity index (χ1) is 16.5. The average Bonchev–Trinajstić information content (AvgIpc) is 3.16. The maximum Gasteiger partial charge on any atom is 0.259 e. The summed E-state index contributed by atoms with van der Waals surface area (Å²) < 4.78 is 0. The van der Waals surface area contributed by atoms with Crippen LogP contribution in [0.2, 0.25) is 5.02 Å². The Kier molecular flexibility index (Phi) is 6.29. The first kappa shape index (κ1) is 22.5. The molecule has 5 nitrogen and oxygen atoms in total. The van der Waals surface area contributed by atoms with Gasteiger partial charge in [0.1, 0.15) is 6.04 Å². The van der Waals surface area contributed by atoms with Crippen molar-refractivity contribution < 1.29 is 4.79 Å². The van der Waals surface area contributed by atoms with Gasteiger partial charge < -0.3 is 9.80 Å². The Morgan fingerprint density at radius 3 is 2.24 bits per heavy atom. The van der Waals surface area contributed by atoms with Crippen LogP contribution in [0.15, 0.2) is 77.8 Å². The van der Waals surface area contributed by atoms with E-state index >= 15 is 0 Å². The molecule has 0 saturated carbocycles. The molecule has 3 aromatic carbocycles. The van der Waals surface area contributed by atoms with E-state index in [1.165, 1.54) is 11.3 Å². The van der Waals surface area contributed by atoms with Crippen molar-refractivity contribution in [1.82, 2.24) is 4.90 Å². The van der Waals surface area contributed by atoms with Crippen molar-refractivity contribution in [2.45, 2.75) is 26.3 Å². The van der Waals surface area contributed by atoms with Gasteiger partial charge in [-0.05, 0) is 55.3 Å². The fourth-order valence-corrected chi connectivity index (χ4v) is 4.92. The van der Waals surface area contributed by atoms with Crippen LogP contribution in [-0.2, 0) is 11.2 Å². The first-order valence-electron chi connectivity index (χ1n) is 11.8. The number of anilines is 2. The lowest BCUT2D eigenvalue weighted by Gasteiger charge is -2.39. The molecule has 6 heteroatoms. The molecule has 5 rings (SSSR count). The van der Waals surface area contributed by atoms with Crippen LogP contribution >= 0.6 is 11.6 Å². The van der Waals surface area contributed by atoms with Gasteiger partial charge in [0.2, 0.25) is 5.96 Å². The van der Waals surface area contributed by atoms with Gasteiger partial charge in [-0.1, -0.05) is 59.6 Å². The molecule has 2 aliphatic rings. The molecule has 3 aromatic rings. The van der Waals surface area contributed by atoms with E-state index in [0.717, 1.165) is 54.0 Å². The van der Waals surface area contributed by atoms with Gasteiger partial charge in [-0.15, -0.1) is 0 Å². The monoisotopic (exact) mass is 472 g/mol. The lowest BCUT2D eigenvalue weighted by molar-refractivity contribution is -0.118. The summed E-state index contributed by atoms with van der Waals surface area (Å²) in [5.41, 5.74) is 5.48. The number of aliphatic imine (C=N–C) groups is 1. The van der Waals surface area contributed by atoms with Crippen LogP contribution in [0.1, 0.15) is 16.7 Å². The SMILES string of the molecule is Cc1ccc(N2C(=O)C(Cc3ccccc3)N=C2N2CCN(c3ccc(Cl)cc3)CC2)c(C)c1. The molecule has 1 unspecified atom stereocenters. The van der Waals surface area contributed by atoms with E-state index in [-0.39, 0.29) is 5.91 Å². The number of guanidine groups is 1. The number of hydrogen-bond acceptors (Lipinski definition) is 4. The topological polar surface area (TPSA) is 39.2 Å². The summed E-state index contributed by atoms with van der Waals surface area (Å²) in [6.45, 7) is 7.46. The van der Waals surface area contributed by atoms with Crippen LogP contribution in [0.4, 0.5) is 11.4 Å². The molecular weight excluding hydrogens is 444 g/mol. The van der Waals surface area contributed by atoms with Crippen LogP contribution in [0.5, 0.6) is 0 Å². The molecule has 174 valence electrons. The number of carbonyl (C=O) groups excluding carboxylic acids is 1. The van der Waals surface area contributed by atoms with E-state index in [1.54, 1.807) is 0 Å². The fourth-order valence-electron chi connectivity index (χ4n) is 4.79. The lowest BCUT2D eigenvalue weighted by Crippen LogP contribution is -2.53. The quantitative estimate of drug-likeness (QED) is 0.530. The predicted molar refractivity (Wildman–Crippen MR) is 140 cm³/mol. The smallest absolute Gasteiger partial charge is 0.259 e. The summed E-state index contributed by atoms with van der Waals surface area (Å²) in [6, 6.07) is 24.0. The molecular formula is C28H29ClN4O. The highest BCUT2D eigenvalue weighted by atomic mass is 35.5. The number of halogens is 1. The Balaban J connectivity index is 1.41. The highest BCUT2D eigenvalue weighted by Gasteiger charge is 2.39. The number of benzene rings is 3. The average molecular weight is 473 g/mol. The lowest BCUT2D eigenvalue weighted by atomic mass is 10.1. The van der Waals surface area contributed by atoms with Crippen molar-refractivity contribution in [3.05, 3.63) is 94.5 Å². The third-order valence-electron chi connectivity index (χ3n) is 6.60. The maximum absolute atomic E-state index is 13.7. The minimum absolute atomic E-state index is 0.0472. The Morgan fingerprint density at radius 1 is 0.882 bits per heavy atom. The number of aryl methyl sites for hydroxylation is 2. The molecule has 0 bridgehead atoms. The number of carbonyl (C=O) groups is 1. The van der Waals surface area contributed by atoms with Crippen LogP contribution in [0.25, 0.3) is 0 Å². The van der Waals surface area contributed by atoms with Gasteiger partial charge >= 0.3 is 0 Å². The van der Waals surface area contributed by atoms with E-state index in [0.29, 0.717) is 6.42 Å². The van der Waals surface area contributed by atoms with Gasteiger partial charge in [0.25, 0.3) is 5.91 Å². The molecule has 1 fully saturated rings. The first-order valence-corrected chi connectivity index (χ1v) is 12.2. The van der Waals surface area contributed by atoms with E-state index < -0.39 is 6.04 Å². The molecule has 0 aliphatic carbocycles. The van der Waals surface area contributed by atoms with Crippen LogP contribution in [0, 0.1) is 13.8 Å². The molecule has 34 heavy (non-hydrogen) atoms. The summed E-state index contributed by atoms with van der Waals surface area (Å²) in [6.07, 6.45) is 0.606.